The minimum absolute atomic E-state index is 0.324. The maximum absolute atomic E-state index is 12.0. The molecule has 0 heterocycles. The summed E-state index contributed by atoms with van der Waals surface area (Å²) in [5.74, 6) is -0.138. The molecule has 1 aromatic rings. The molecule has 0 aliphatic carbocycles. The molecule has 1 rings (SSSR count). The van der Waals surface area contributed by atoms with Gasteiger partial charge < -0.3 is 0 Å². The Morgan fingerprint density at radius 1 is 1.26 bits per heavy atom. The summed E-state index contributed by atoms with van der Waals surface area (Å²) < 4.78 is 0. The normalized spacial score (nSPS) is 12.7. The zero-order valence-electron chi connectivity index (χ0n) is 14.8. The Hall–Kier alpha value is -1.39. The van der Waals surface area contributed by atoms with Crippen LogP contribution in [0.2, 0.25) is 13.1 Å². The Kier molecular flexibility index (Phi) is 8.27. The lowest BCUT2D eigenvalue weighted by atomic mass is 10.0. The van der Waals surface area contributed by atoms with Crippen molar-refractivity contribution >= 4 is 19.2 Å². The SMILES string of the molecule is C=C[Si](C)(C)c1ccc(C(=O)OO[CH]C(CC)CCCC)cc1. The van der Waals surface area contributed by atoms with Gasteiger partial charge in [-0.15, -0.1) is 6.58 Å². The monoisotopic (exact) mass is 333 g/mol. The van der Waals surface area contributed by atoms with Crippen molar-refractivity contribution in [2.45, 2.75) is 52.6 Å². The van der Waals surface area contributed by atoms with Crippen LogP contribution in [-0.4, -0.2) is 14.0 Å². The van der Waals surface area contributed by atoms with Gasteiger partial charge in [-0.3, -0.25) is 4.89 Å². The number of hydrogen-bond donors (Lipinski definition) is 0. The zero-order chi connectivity index (χ0) is 17.3. The summed E-state index contributed by atoms with van der Waals surface area (Å²) in [6.45, 7) is 14.2. The second kappa shape index (κ2) is 9.68. The van der Waals surface area contributed by atoms with Crippen LogP contribution in [0.5, 0.6) is 0 Å². The van der Waals surface area contributed by atoms with Crippen LogP contribution in [0.3, 0.4) is 0 Å². The third-order valence-corrected chi connectivity index (χ3v) is 7.04. The van der Waals surface area contributed by atoms with Gasteiger partial charge in [0.2, 0.25) is 0 Å². The molecule has 0 saturated carbocycles. The van der Waals surface area contributed by atoms with E-state index in [1.54, 1.807) is 18.7 Å². The predicted octanol–water partition coefficient (Wildman–Crippen LogP) is 4.79. The van der Waals surface area contributed by atoms with Crippen molar-refractivity contribution in [3.05, 3.63) is 48.7 Å². The molecule has 1 radical (unpaired) electrons. The molecule has 0 bridgehead atoms. The van der Waals surface area contributed by atoms with E-state index >= 15 is 0 Å². The van der Waals surface area contributed by atoms with E-state index in [0.717, 1.165) is 25.7 Å². The van der Waals surface area contributed by atoms with Crippen LogP contribution in [0.25, 0.3) is 0 Å². The molecule has 0 amide bonds. The zero-order valence-corrected chi connectivity index (χ0v) is 15.8. The van der Waals surface area contributed by atoms with Gasteiger partial charge in [0.15, 0.2) is 0 Å². The highest BCUT2D eigenvalue weighted by Crippen LogP contribution is 2.16. The summed E-state index contributed by atoms with van der Waals surface area (Å²) in [6.07, 6.45) is 4.34. The highest BCUT2D eigenvalue weighted by molar-refractivity contribution is 6.93. The molecule has 127 valence electrons. The first-order valence-corrected chi connectivity index (χ1v) is 11.5. The quantitative estimate of drug-likeness (QED) is 0.351. The fourth-order valence-electron chi connectivity index (χ4n) is 2.19. The molecule has 1 atom stereocenters. The van der Waals surface area contributed by atoms with Gasteiger partial charge in [0.1, 0.15) is 14.7 Å². The minimum atomic E-state index is -1.59. The maximum Gasteiger partial charge on any atom is 0.373 e. The maximum atomic E-state index is 12.0. The third kappa shape index (κ3) is 6.32. The van der Waals surface area contributed by atoms with E-state index in [1.807, 2.05) is 17.8 Å². The lowest BCUT2D eigenvalue weighted by Crippen LogP contribution is -2.39. The molecular weight excluding hydrogens is 304 g/mol. The second-order valence-electron chi connectivity index (χ2n) is 6.42. The van der Waals surface area contributed by atoms with Gasteiger partial charge in [0, 0.05) is 0 Å². The standard InChI is InChI=1S/C19H29O3Si/c1-6-9-10-16(7-2)15-21-22-19(20)17-11-13-18(14-12-17)23(4,5)8-3/h8,11-16H,3,6-7,9-10H2,1-2,4-5H3. The van der Waals surface area contributed by atoms with E-state index in [-0.39, 0.29) is 0 Å². The molecule has 0 aromatic heterocycles. The Balaban J connectivity index is 2.50. The van der Waals surface area contributed by atoms with Crippen molar-refractivity contribution in [2.75, 3.05) is 0 Å². The summed E-state index contributed by atoms with van der Waals surface area (Å²) in [5, 5.41) is 1.24. The topological polar surface area (TPSA) is 35.5 Å². The highest BCUT2D eigenvalue weighted by atomic mass is 28.3. The Bertz CT molecular complexity index is 494. The van der Waals surface area contributed by atoms with Gasteiger partial charge in [-0.1, -0.05) is 69.2 Å². The molecule has 1 unspecified atom stereocenters. The molecule has 1 aromatic carbocycles. The van der Waals surface area contributed by atoms with Crippen LogP contribution in [0.15, 0.2) is 36.5 Å². The minimum Gasteiger partial charge on any atom is -0.292 e. The van der Waals surface area contributed by atoms with Crippen molar-refractivity contribution in [1.82, 2.24) is 0 Å². The predicted molar refractivity (Wildman–Crippen MR) is 97.9 cm³/mol. The van der Waals surface area contributed by atoms with Crippen molar-refractivity contribution in [1.29, 1.82) is 0 Å². The first kappa shape index (κ1) is 19.7. The molecule has 4 heteroatoms. The third-order valence-electron chi connectivity index (χ3n) is 4.20. The highest BCUT2D eigenvalue weighted by Gasteiger charge is 2.19. The van der Waals surface area contributed by atoms with E-state index in [1.165, 1.54) is 5.19 Å². The van der Waals surface area contributed by atoms with Crippen molar-refractivity contribution in [2.24, 2.45) is 5.92 Å². The molecule has 0 spiro atoms. The van der Waals surface area contributed by atoms with Gasteiger partial charge in [-0.2, -0.15) is 4.89 Å². The summed E-state index contributed by atoms with van der Waals surface area (Å²) in [7, 11) is -1.59. The first-order valence-electron chi connectivity index (χ1n) is 8.39. The molecule has 3 nitrogen and oxygen atoms in total. The lowest BCUT2D eigenvalue weighted by Gasteiger charge is -2.17. The Morgan fingerprint density at radius 2 is 1.91 bits per heavy atom. The van der Waals surface area contributed by atoms with Crippen molar-refractivity contribution in [3.8, 4) is 0 Å². The van der Waals surface area contributed by atoms with E-state index < -0.39 is 14.0 Å². The van der Waals surface area contributed by atoms with E-state index in [2.05, 4.69) is 33.5 Å². The van der Waals surface area contributed by atoms with E-state index in [9.17, 15) is 4.79 Å². The van der Waals surface area contributed by atoms with Gasteiger partial charge in [0.05, 0.1) is 5.56 Å². The number of benzene rings is 1. The molecule has 0 aliphatic heterocycles. The summed E-state index contributed by atoms with van der Waals surface area (Å²) in [4.78, 5) is 21.9. The van der Waals surface area contributed by atoms with Gasteiger partial charge in [0.25, 0.3) is 0 Å². The molecule has 0 aliphatic rings. The Labute approximate surface area is 141 Å². The average Bonchev–Trinajstić information content (AvgIpc) is 2.57. The van der Waals surface area contributed by atoms with Crippen LogP contribution in [0.1, 0.15) is 49.9 Å². The summed E-state index contributed by atoms with van der Waals surface area (Å²) in [6, 6.07) is 7.52. The largest absolute Gasteiger partial charge is 0.373 e. The number of rotatable bonds is 10. The number of carbonyl (C=O) groups excluding carboxylic acids is 1. The second-order valence-corrected chi connectivity index (χ2v) is 10.8. The van der Waals surface area contributed by atoms with Crippen LogP contribution >= 0.6 is 0 Å². The lowest BCUT2D eigenvalue weighted by molar-refractivity contribution is -0.219. The molecule has 0 saturated heterocycles. The molecular formula is C19H29O3Si. The summed E-state index contributed by atoms with van der Waals surface area (Å²) >= 11 is 0. The molecule has 0 fully saturated rings. The van der Waals surface area contributed by atoms with Gasteiger partial charge in [-0.05, 0) is 24.5 Å². The number of unbranched alkanes of at least 4 members (excludes halogenated alkanes) is 1. The van der Waals surface area contributed by atoms with Crippen molar-refractivity contribution < 1.29 is 14.6 Å². The van der Waals surface area contributed by atoms with Gasteiger partial charge in [-0.25, -0.2) is 4.79 Å². The van der Waals surface area contributed by atoms with Gasteiger partial charge >= 0.3 is 5.97 Å². The van der Waals surface area contributed by atoms with Crippen LogP contribution in [-0.2, 0) is 9.78 Å². The first-order chi connectivity index (χ1) is 10.9. The smallest absolute Gasteiger partial charge is 0.292 e. The molecule has 23 heavy (non-hydrogen) atoms. The average molecular weight is 334 g/mol. The number of hydrogen-bond acceptors (Lipinski definition) is 3. The van der Waals surface area contributed by atoms with E-state index in [4.69, 9.17) is 9.78 Å². The Morgan fingerprint density at radius 3 is 2.43 bits per heavy atom. The van der Waals surface area contributed by atoms with Crippen LogP contribution < -0.4 is 5.19 Å². The van der Waals surface area contributed by atoms with Crippen molar-refractivity contribution in [3.63, 3.8) is 0 Å². The van der Waals surface area contributed by atoms with Crippen LogP contribution in [0.4, 0.5) is 0 Å². The fourth-order valence-corrected chi connectivity index (χ4v) is 3.45. The van der Waals surface area contributed by atoms with Crippen LogP contribution in [0, 0.1) is 12.5 Å². The summed E-state index contributed by atoms with van der Waals surface area (Å²) in [5.41, 5.74) is 2.53. The fraction of sp³-hybridized carbons (Fsp3) is 0.474. The number of carbonyl (C=O) groups is 1. The van der Waals surface area contributed by atoms with E-state index in [0.29, 0.717) is 11.5 Å². The molecule has 0 N–H and O–H groups in total.